The molecule has 0 spiro atoms. The Hall–Kier alpha value is -2.43. The van der Waals surface area contributed by atoms with Crippen LogP contribution in [0.2, 0.25) is 0 Å². The Labute approximate surface area is 167 Å². The van der Waals surface area contributed by atoms with Gasteiger partial charge in [-0.25, -0.2) is 13.4 Å². The van der Waals surface area contributed by atoms with Crippen molar-refractivity contribution in [3.63, 3.8) is 0 Å². The third kappa shape index (κ3) is 4.89. The van der Waals surface area contributed by atoms with Crippen molar-refractivity contribution in [3.8, 4) is 0 Å². The maximum Gasteiger partial charge on any atom is 0.313 e. The van der Waals surface area contributed by atoms with Gasteiger partial charge in [0.1, 0.15) is 0 Å². The number of sulfonamides is 1. The first-order valence-electron chi connectivity index (χ1n) is 8.58. The molecular formula is C18H19N3O5S2. The molecule has 3 rings (SSSR count). The molecule has 0 saturated carbocycles. The molecule has 0 atom stereocenters. The number of anilines is 1. The van der Waals surface area contributed by atoms with Crippen LogP contribution in [-0.2, 0) is 14.8 Å². The second-order valence-corrected chi connectivity index (χ2v) is 9.09. The number of hydrogen-bond donors (Lipinski definition) is 2. The molecule has 2 aromatic rings. The zero-order chi connectivity index (χ0) is 20.1. The summed E-state index contributed by atoms with van der Waals surface area (Å²) >= 11 is 1.08. The largest absolute Gasteiger partial charge is 0.481 e. The van der Waals surface area contributed by atoms with Crippen molar-refractivity contribution in [1.82, 2.24) is 9.29 Å². The molecule has 1 aromatic heterocycles. The van der Waals surface area contributed by atoms with E-state index in [1.807, 2.05) is 0 Å². The summed E-state index contributed by atoms with van der Waals surface area (Å²) < 4.78 is 26.5. The van der Waals surface area contributed by atoms with Crippen LogP contribution in [0.4, 0.5) is 5.69 Å². The van der Waals surface area contributed by atoms with E-state index in [2.05, 4.69) is 10.3 Å². The minimum Gasteiger partial charge on any atom is -0.481 e. The summed E-state index contributed by atoms with van der Waals surface area (Å²) in [6, 6.07) is 9.07. The summed E-state index contributed by atoms with van der Waals surface area (Å²) in [6.45, 7) is 1.05. The predicted octanol–water partition coefficient (Wildman–Crippen LogP) is 2.30. The third-order valence-electron chi connectivity index (χ3n) is 4.16. The van der Waals surface area contributed by atoms with Crippen LogP contribution in [0.25, 0.3) is 0 Å². The van der Waals surface area contributed by atoms with Gasteiger partial charge in [0.15, 0.2) is 0 Å². The monoisotopic (exact) mass is 421 g/mol. The van der Waals surface area contributed by atoms with E-state index < -0.39 is 21.9 Å². The summed E-state index contributed by atoms with van der Waals surface area (Å²) in [6.07, 6.45) is 3.16. The van der Waals surface area contributed by atoms with Crippen LogP contribution in [0.1, 0.15) is 23.2 Å². The number of carboxylic acid groups (broad SMARTS) is 1. The van der Waals surface area contributed by atoms with Gasteiger partial charge in [-0.2, -0.15) is 4.31 Å². The zero-order valence-corrected chi connectivity index (χ0v) is 16.5. The average Bonchev–Trinajstić information content (AvgIpc) is 3.23. The molecule has 8 nitrogen and oxygen atoms in total. The Balaban J connectivity index is 1.64. The molecule has 10 heteroatoms. The normalized spacial score (nSPS) is 14.7. The van der Waals surface area contributed by atoms with Crippen molar-refractivity contribution in [2.24, 2.45) is 0 Å². The SMILES string of the molecule is O=C(O)CSc1ccc(NC(=O)c2ccc(S(=O)(=O)N3CCCC3)cc2)cn1. The number of pyridine rings is 1. The second-order valence-electron chi connectivity index (χ2n) is 6.16. The Bertz CT molecular complexity index is 954. The van der Waals surface area contributed by atoms with Crippen LogP contribution in [0.5, 0.6) is 0 Å². The van der Waals surface area contributed by atoms with E-state index in [-0.39, 0.29) is 10.6 Å². The van der Waals surface area contributed by atoms with Crippen LogP contribution in [-0.4, -0.2) is 53.5 Å². The lowest BCUT2D eigenvalue weighted by molar-refractivity contribution is -0.133. The number of carbonyl (C=O) groups excluding carboxylic acids is 1. The summed E-state index contributed by atoms with van der Waals surface area (Å²) in [7, 11) is -3.51. The van der Waals surface area contributed by atoms with E-state index >= 15 is 0 Å². The van der Waals surface area contributed by atoms with E-state index in [9.17, 15) is 18.0 Å². The first-order chi connectivity index (χ1) is 13.4. The predicted molar refractivity (Wildman–Crippen MR) is 105 cm³/mol. The number of nitrogens with one attached hydrogen (secondary N) is 1. The molecule has 0 aliphatic carbocycles. The highest BCUT2D eigenvalue weighted by Crippen LogP contribution is 2.22. The Kier molecular flexibility index (Phi) is 6.32. The third-order valence-corrected chi connectivity index (χ3v) is 7.00. The summed E-state index contributed by atoms with van der Waals surface area (Å²) in [5.41, 5.74) is 0.781. The smallest absolute Gasteiger partial charge is 0.313 e. The lowest BCUT2D eigenvalue weighted by atomic mass is 10.2. The number of carboxylic acids is 1. The Morgan fingerprint density at radius 1 is 1.11 bits per heavy atom. The second kappa shape index (κ2) is 8.72. The fourth-order valence-corrected chi connectivity index (χ4v) is 4.81. The molecule has 1 saturated heterocycles. The number of aliphatic carboxylic acids is 1. The number of amides is 1. The molecule has 1 fully saturated rings. The zero-order valence-electron chi connectivity index (χ0n) is 14.9. The van der Waals surface area contributed by atoms with Gasteiger partial charge < -0.3 is 10.4 Å². The van der Waals surface area contributed by atoms with Crippen LogP contribution in [0.15, 0.2) is 52.5 Å². The van der Waals surface area contributed by atoms with E-state index in [0.717, 1.165) is 24.6 Å². The molecule has 1 aliphatic heterocycles. The van der Waals surface area contributed by atoms with Crippen molar-refractivity contribution >= 4 is 39.3 Å². The number of nitrogens with zero attached hydrogens (tertiary/aromatic N) is 2. The summed E-state index contributed by atoms with van der Waals surface area (Å²) in [5.74, 6) is -1.41. The van der Waals surface area contributed by atoms with Crippen molar-refractivity contribution in [3.05, 3.63) is 48.2 Å². The molecule has 1 aromatic carbocycles. The van der Waals surface area contributed by atoms with Crippen LogP contribution in [0.3, 0.4) is 0 Å². The minimum absolute atomic E-state index is 0.0919. The first kappa shape index (κ1) is 20.3. The molecular weight excluding hydrogens is 402 g/mol. The Morgan fingerprint density at radius 3 is 2.36 bits per heavy atom. The van der Waals surface area contributed by atoms with Crippen molar-refractivity contribution < 1.29 is 23.1 Å². The van der Waals surface area contributed by atoms with Gasteiger partial charge >= 0.3 is 5.97 Å². The van der Waals surface area contributed by atoms with Crippen molar-refractivity contribution in [2.45, 2.75) is 22.8 Å². The van der Waals surface area contributed by atoms with Gasteiger partial charge in [0.05, 0.1) is 27.6 Å². The lowest BCUT2D eigenvalue weighted by Crippen LogP contribution is -2.27. The van der Waals surface area contributed by atoms with Crippen molar-refractivity contribution in [1.29, 1.82) is 0 Å². The number of benzene rings is 1. The van der Waals surface area contributed by atoms with Crippen LogP contribution in [0, 0.1) is 0 Å². The Morgan fingerprint density at radius 2 is 1.79 bits per heavy atom. The van der Waals surface area contributed by atoms with E-state index in [0.29, 0.717) is 29.4 Å². The number of rotatable bonds is 7. The van der Waals surface area contributed by atoms with Gasteiger partial charge in [0, 0.05) is 18.7 Å². The standard InChI is InChI=1S/C18H19N3O5S2/c22-17(23)12-27-16-8-5-14(11-19-16)20-18(24)13-3-6-15(7-4-13)28(25,26)21-9-1-2-10-21/h3-8,11H,1-2,9-10,12H2,(H,20,24)(H,22,23). The van der Waals surface area contributed by atoms with Gasteiger partial charge in [-0.05, 0) is 49.2 Å². The number of carbonyl (C=O) groups is 2. The molecule has 2 N–H and O–H groups in total. The van der Waals surface area contributed by atoms with Crippen LogP contribution < -0.4 is 5.32 Å². The quantitative estimate of drug-likeness (QED) is 0.659. The summed E-state index contributed by atoms with van der Waals surface area (Å²) in [5, 5.41) is 11.9. The molecule has 28 heavy (non-hydrogen) atoms. The van der Waals surface area contributed by atoms with E-state index in [1.165, 1.54) is 34.8 Å². The average molecular weight is 422 g/mol. The number of thioether (sulfide) groups is 1. The number of hydrogen-bond acceptors (Lipinski definition) is 6. The van der Waals surface area contributed by atoms with E-state index in [4.69, 9.17) is 5.11 Å². The molecule has 1 amide bonds. The van der Waals surface area contributed by atoms with Crippen LogP contribution >= 0.6 is 11.8 Å². The molecule has 0 unspecified atom stereocenters. The molecule has 148 valence electrons. The van der Waals surface area contributed by atoms with Crippen molar-refractivity contribution in [2.75, 3.05) is 24.2 Å². The van der Waals surface area contributed by atoms with Gasteiger partial charge in [-0.1, -0.05) is 11.8 Å². The van der Waals surface area contributed by atoms with Gasteiger partial charge in [-0.15, -0.1) is 0 Å². The number of aromatic nitrogens is 1. The fraction of sp³-hybridized carbons (Fsp3) is 0.278. The highest BCUT2D eigenvalue weighted by atomic mass is 32.2. The topological polar surface area (TPSA) is 117 Å². The maximum absolute atomic E-state index is 12.5. The highest BCUT2D eigenvalue weighted by molar-refractivity contribution is 7.99. The fourth-order valence-electron chi connectivity index (χ4n) is 2.73. The molecule has 0 bridgehead atoms. The van der Waals surface area contributed by atoms with E-state index in [1.54, 1.807) is 12.1 Å². The molecule has 1 aliphatic rings. The minimum atomic E-state index is -3.51. The van der Waals surface area contributed by atoms with Gasteiger partial charge in [0.2, 0.25) is 10.0 Å². The molecule has 2 heterocycles. The summed E-state index contributed by atoms with van der Waals surface area (Å²) in [4.78, 5) is 27.2. The van der Waals surface area contributed by atoms with Gasteiger partial charge in [-0.3, -0.25) is 9.59 Å². The highest BCUT2D eigenvalue weighted by Gasteiger charge is 2.27. The maximum atomic E-state index is 12.5. The lowest BCUT2D eigenvalue weighted by Gasteiger charge is -2.15. The first-order valence-corrected chi connectivity index (χ1v) is 11.0. The molecule has 0 radical (unpaired) electrons. The van der Waals surface area contributed by atoms with Gasteiger partial charge in [0.25, 0.3) is 5.91 Å².